The summed E-state index contributed by atoms with van der Waals surface area (Å²) in [5.74, 6) is 1.20. The molecule has 0 aromatic rings. The van der Waals surface area contributed by atoms with Gasteiger partial charge in [-0.3, -0.25) is 14.4 Å². The van der Waals surface area contributed by atoms with Crippen LogP contribution in [0.25, 0.3) is 0 Å². The summed E-state index contributed by atoms with van der Waals surface area (Å²) in [6.07, 6.45) is 6.50. The standard InChI is InChI=1S/C21H31N3O5S/c1-28-4-5-29-17(25)9-16-18(26)22-2-3-24(16)20(30)23-19(27)21-10-13-6-14(11-21)8-15(7-13)12-21/h13-16H,2-12H2,1H3,(H,22,26)(H,23,27,30). The fraction of sp³-hybridized carbons (Fsp3) is 0.810. The van der Waals surface area contributed by atoms with Gasteiger partial charge in [0.05, 0.1) is 18.4 Å². The van der Waals surface area contributed by atoms with E-state index in [0.717, 1.165) is 19.3 Å². The van der Waals surface area contributed by atoms with E-state index in [9.17, 15) is 14.4 Å². The first-order chi connectivity index (χ1) is 14.4. The number of hydrogen-bond acceptors (Lipinski definition) is 6. The highest BCUT2D eigenvalue weighted by Gasteiger charge is 2.55. The maximum Gasteiger partial charge on any atom is 0.308 e. The highest BCUT2D eigenvalue weighted by Crippen LogP contribution is 2.60. The summed E-state index contributed by atoms with van der Waals surface area (Å²) in [6, 6.07) is -0.780. The van der Waals surface area contributed by atoms with E-state index in [0.29, 0.717) is 37.5 Å². The van der Waals surface area contributed by atoms with Crippen molar-refractivity contribution in [3.63, 3.8) is 0 Å². The molecule has 1 heterocycles. The molecular weight excluding hydrogens is 406 g/mol. The van der Waals surface area contributed by atoms with Gasteiger partial charge in [0.1, 0.15) is 12.6 Å². The quantitative estimate of drug-likeness (QED) is 0.363. The van der Waals surface area contributed by atoms with Crippen molar-refractivity contribution >= 4 is 35.1 Å². The first-order valence-electron chi connectivity index (χ1n) is 10.9. The van der Waals surface area contributed by atoms with Crippen molar-refractivity contribution in [3.8, 4) is 0 Å². The minimum Gasteiger partial charge on any atom is -0.463 e. The second kappa shape index (κ2) is 8.78. The molecule has 0 spiro atoms. The number of thiocarbonyl (C=S) groups is 1. The lowest BCUT2D eigenvalue weighted by Crippen LogP contribution is -2.62. The largest absolute Gasteiger partial charge is 0.463 e. The molecule has 2 N–H and O–H groups in total. The Kier molecular flexibility index (Phi) is 6.29. The lowest BCUT2D eigenvalue weighted by Gasteiger charge is -2.55. The van der Waals surface area contributed by atoms with Gasteiger partial charge in [-0.15, -0.1) is 0 Å². The van der Waals surface area contributed by atoms with Crippen molar-refractivity contribution in [2.75, 3.05) is 33.4 Å². The van der Waals surface area contributed by atoms with Gasteiger partial charge < -0.3 is 25.0 Å². The zero-order chi connectivity index (χ0) is 21.3. The molecule has 5 fully saturated rings. The zero-order valence-electron chi connectivity index (χ0n) is 17.5. The van der Waals surface area contributed by atoms with Crippen LogP contribution in [-0.4, -0.2) is 67.3 Å². The predicted molar refractivity (Wildman–Crippen MR) is 112 cm³/mol. The number of nitrogens with one attached hydrogen (secondary N) is 2. The van der Waals surface area contributed by atoms with Gasteiger partial charge in [0.2, 0.25) is 11.8 Å². The average Bonchev–Trinajstić information content (AvgIpc) is 2.68. The molecule has 5 rings (SSSR count). The molecule has 1 saturated heterocycles. The Morgan fingerprint density at radius 3 is 2.40 bits per heavy atom. The monoisotopic (exact) mass is 437 g/mol. The summed E-state index contributed by atoms with van der Waals surface area (Å²) in [7, 11) is 1.52. The molecule has 1 aliphatic heterocycles. The minimum atomic E-state index is -0.780. The summed E-state index contributed by atoms with van der Waals surface area (Å²) in [5.41, 5.74) is -0.314. The first-order valence-corrected chi connectivity index (χ1v) is 11.4. The van der Waals surface area contributed by atoms with Crippen LogP contribution in [0.5, 0.6) is 0 Å². The minimum absolute atomic E-state index is 0.000923. The van der Waals surface area contributed by atoms with Crippen molar-refractivity contribution in [1.29, 1.82) is 0 Å². The number of methoxy groups -OCH3 is 1. The highest BCUT2D eigenvalue weighted by atomic mass is 32.1. The molecule has 166 valence electrons. The van der Waals surface area contributed by atoms with Crippen molar-refractivity contribution in [1.82, 2.24) is 15.5 Å². The van der Waals surface area contributed by atoms with E-state index in [1.54, 1.807) is 4.90 Å². The number of nitrogens with zero attached hydrogens (tertiary/aromatic N) is 1. The van der Waals surface area contributed by atoms with Crippen LogP contribution in [0.2, 0.25) is 0 Å². The SMILES string of the molecule is COCCOC(=O)CC1C(=O)NCCN1C(=S)NC(=O)C12CC3CC(CC(C3)C1)C2. The fourth-order valence-electron chi connectivity index (χ4n) is 6.31. The number of rotatable bonds is 6. The van der Waals surface area contributed by atoms with E-state index in [4.69, 9.17) is 21.7 Å². The molecule has 4 aliphatic carbocycles. The Morgan fingerprint density at radius 1 is 1.17 bits per heavy atom. The normalized spacial score (nSPS) is 34.4. The van der Waals surface area contributed by atoms with Gasteiger partial charge in [0.15, 0.2) is 5.11 Å². The average molecular weight is 438 g/mol. The van der Waals surface area contributed by atoms with E-state index in [2.05, 4.69) is 10.6 Å². The molecule has 9 heteroatoms. The predicted octanol–water partition coefficient (Wildman–Crippen LogP) is 0.984. The van der Waals surface area contributed by atoms with Gasteiger partial charge in [0, 0.05) is 20.2 Å². The van der Waals surface area contributed by atoms with Crippen molar-refractivity contribution in [3.05, 3.63) is 0 Å². The number of ether oxygens (including phenoxy) is 2. The van der Waals surface area contributed by atoms with E-state index in [-0.39, 0.29) is 35.4 Å². The molecule has 0 aromatic heterocycles. The van der Waals surface area contributed by atoms with Gasteiger partial charge >= 0.3 is 5.97 Å². The molecular formula is C21H31N3O5S. The molecule has 2 amide bonds. The number of piperazine rings is 1. The van der Waals surface area contributed by atoms with Crippen LogP contribution < -0.4 is 10.6 Å². The Labute approximate surface area is 182 Å². The number of carbonyl (C=O) groups excluding carboxylic acids is 3. The second-order valence-electron chi connectivity index (χ2n) is 9.37. The van der Waals surface area contributed by atoms with E-state index in [1.807, 2.05) is 0 Å². The zero-order valence-corrected chi connectivity index (χ0v) is 18.3. The first kappa shape index (κ1) is 21.5. The van der Waals surface area contributed by atoms with Gasteiger partial charge in [-0.2, -0.15) is 0 Å². The van der Waals surface area contributed by atoms with E-state index >= 15 is 0 Å². The smallest absolute Gasteiger partial charge is 0.308 e. The van der Waals surface area contributed by atoms with Gasteiger partial charge in [-0.05, 0) is 68.5 Å². The Balaban J connectivity index is 1.39. The Bertz CT molecular complexity index is 692. The molecule has 5 aliphatic rings. The number of amides is 2. The third-order valence-corrected chi connectivity index (χ3v) is 7.58. The molecule has 0 aromatic carbocycles. The highest BCUT2D eigenvalue weighted by molar-refractivity contribution is 7.80. The summed E-state index contributed by atoms with van der Waals surface area (Å²) < 4.78 is 9.98. The van der Waals surface area contributed by atoms with Crippen molar-refractivity contribution in [2.24, 2.45) is 23.2 Å². The second-order valence-corrected chi connectivity index (χ2v) is 9.76. The fourth-order valence-corrected chi connectivity index (χ4v) is 6.62. The number of hydrogen-bond donors (Lipinski definition) is 2. The Hall–Kier alpha value is -1.74. The lowest BCUT2D eigenvalue weighted by atomic mass is 9.49. The Morgan fingerprint density at radius 2 is 1.80 bits per heavy atom. The van der Waals surface area contributed by atoms with Gasteiger partial charge in [-0.1, -0.05) is 0 Å². The molecule has 1 atom stereocenters. The number of esters is 1. The lowest BCUT2D eigenvalue weighted by molar-refractivity contribution is -0.148. The van der Waals surface area contributed by atoms with Gasteiger partial charge in [0.25, 0.3) is 0 Å². The number of carbonyl (C=O) groups is 3. The summed E-state index contributed by atoms with van der Waals surface area (Å²) in [5, 5.41) is 5.95. The summed E-state index contributed by atoms with van der Waals surface area (Å²) in [4.78, 5) is 39.5. The summed E-state index contributed by atoms with van der Waals surface area (Å²) >= 11 is 5.54. The molecule has 8 nitrogen and oxygen atoms in total. The van der Waals surface area contributed by atoms with Crippen LogP contribution in [-0.2, 0) is 23.9 Å². The molecule has 0 radical (unpaired) electrons. The molecule has 4 bridgehead atoms. The maximum atomic E-state index is 13.3. The van der Waals surface area contributed by atoms with Crippen LogP contribution in [0.15, 0.2) is 0 Å². The molecule has 4 saturated carbocycles. The topological polar surface area (TPSA) is 97.0 Å². The van der Waals surface area contributed by atoms with Gasteiger partial charge in [-0.25, -0.2) is 0 Å². The van der Waals surface area contributed by atoms with Crippen LogP contribution in [0.1, 0.15) is 44.9 Å². The van der Waals surface area contributed by atoms with E-state index < -0.39 is 12.0 Å². The van der Waals surface area contributed by atoms with E-state index in [1.165, 1.54) is 26.4 Å². The third kappa shape index (κ3) is 4.32. The van der Waals surface area contributed by atoms with Crippen LogP contribution in [0, 0.1) is 23.2 Å². The molecule has 30 heavy (non-hydrogen) atoms. The van der Waals surface area contributed by atoms with Crippen LogP contribution >= 0.6 is 12.2 Å². The van der Waals surface area contributed by atoms with Crippen molar-refractivity contribution in [2.45, 2.75) is 51.0 Å². The summed E-state index contributed by atoms with van der Waals surface area (Å²) in [6.45, 7) is 1.30. The van der Waals surface area contributed by atoms with Crippen LogP contribution in [0.4, 0.5) is 0 Å². The van der Waals surface area contributed by atoms with Crippen molar-refractivity contribution < 1.29 is 23.9 Å². The van der Waals surface area contributed by atoms with Crippen LogP contribution in [0.3, 0.4) is 0 Å². The third-order valence-electron chi connectivity index (χ3n) is 7.24. The molecule has 1 unspecified atom stereocenters. The maximum absolute atomic E-state index is 13.3.